The molecule has 0 aromatic heterocycles. The number of aliphatic hydroxyl groups is 3. The van der Waals surface area contributed by atoms with Gasteiger partial charge in [0.05, 0.1) is 17.8 Å². The number of fused-ring (bicyclic) bond motifs is 1. The van der Waals surface area contributed by atoms with Gasteiger partial charge in [0.25, 0.3) is 0 Å². The Balaban J connectivity index is 1.86. The Morgan fingerprint density at radius 1 is 1.21 bits per heavy atom. The van der Waals surface area contributed by atoms with Crippen molar-refractivity contribution >= 4 is 0 Å². The first-order valence-electron chi connectivity index (χ1n) is 9.44. The molecule has 5 atom stereocenters. The van der Waals surface area contributed by atoms with Crippen LogP contribution in [0, 0.1) is 11.3 Å². The van der Waals surface area contributed by atoms with Gasteiger partial charge < -0.3 is 15.3 Å². The lowest BCUT2D eigenvalue weighted by Crippen LogP contribution is -2.53. The summed E-state index contributed by atoms with van der Waals surface area (Å²) in [4.78, 5) is 0. The maximum Gasteiger partial charge on any atom is 0.0961 e. The highest BCUT2D eigenvalue weighted by Gasteiger charge is 2.60. The van der Waals surface area contributed by atoms with Crippen molar-refractivity contribution in [3.63, 3.8) is 0 Å². The van der Waals surface area contributed by atoms with Crippen molar-refractivity contribution in [2.45, 2.75) is 83.0 Å². The molecule has 0 saturated heterocycles. The van der Waals surface area contributed by atoms with E-state index in [1.807, 2.05) is 0 Å². The molecule has 3 N–H and O–H groups in total. The maximum absolute atomic E-state index is 11.1. The summed E-state index contributed by atoms with van der Waals surface area (Å²) in [7, 11) is 0. The highest BCUT2D eigenvalue weighted by molar-refractivity contribution is 5.36. The maximum atomic E-state index is 11.1. The molecule has 0 radical (unpaired) electrons. The van der Waals surface area contributed by atoms with Crippen LogP contribution in [0.2, 0.25) is 0 Å². The van der Waals surface area contributed by atoms with Gasteiger partial charge >= 0.3 is 0 Å². The highest BCUT2D eigenvalue weighted by Crippen LogP contribution is 2.60. The van der Waals surface area contributed by atoms with Crippen LogP contribution in [0.5, 0.6) is 0 Å². The normalized spacial score (nSPS) is 44.8. The van der Waals surface area contributed by atoms with Crippen molar-refractivity contribution in [1.82, 2.24) is 0 Å². The van der Waals surface area contributed by atoms with Crippen LogP contribution < -0.4 is 0 Å². The standard InChI is InChI=1S/C21H32O3/c1-14-6-9-18(23)13-17(14)8-7-16-5-4-11-20(3)19(16)10-12-21(20,24)15(2)22/h7-8,15,18-19,22-24H,1,4-6,9-13H2,2-3H3/b16-7+,17-8-/t15-,18+,19-,20-,21-/m0/s1. The first-order chi connectivity index (χ1) is 11.3. The van der Waals surface area contributed by atoms with Crippen LogP contribution in [0.3, 0.4) is 0 Å². The summed E-state index contributed by atoms with van der Waals surface area (Å²) in [5.41, 5.74) is 2.47. The number of aliphatic hydroxyl groups excluding tert-OH is 2. The minimum Gasteiger partial charge on any atom is -0.393 e. The van der Waals surface area contributed by atoms with Crippen LogP contribution in [0.4, 0.5) is 0 Å². The minimum atomic E-state index is -0.977. The third-order valence-electron chi connectivity index (χ3n) is 7.06. The average Bonchev–Trinajstić information content (AvgIpc) is 2.82. The van der Waals surface area contributed by atoms with Crippen molar-refractivity contribution in [2.24, 2.45) is 11.3 Å². The topological polar surface area (TPSA) is 60.7 Å². The number of rotatable bonds is 2. The molecule has 24 heavy (non-hydrogen) atoms. The Labute approximate surface area is 145 Å². The Hall–Kier alpha value is -0.900. The average molecular weight is 332 g/mol. The molecule has 0 heterocycles. The minimum absolute atomic E-state index is 0.243. The molecule has 0 unspecified atom stereocenters. The van der Waals surface area contributed by atoms with Crippen LogP contribution in [-0.2, 0) is 0 Å². The summed E-state index contributed by atoms with van der Waals surface area (Å²) in [5, 5.41) is 31.2. The van der Waals surface area contributed by atoms with E-state index in [1.165, 1.54) is 5.57 Å². The smallest absolute Gasteiger partial charge is 0.0961 e. The lowest BCUT2D eigenvalue weighted by Gasteiger charge is -2.48. The molecule has 3 nitrogen and oxygen atoms in total. The largest absolute Gasteiger partial charge is 0.393 e. The molecule has 0 spiro atoms. The van der Waals surface area contributed by atoms with Crippen molar-refractivity contribution in [2.75, 3.05) is 0 Å². The molecule has 3 rings (SSSR count). The molecule has 0 bridgehead atoms. The van der Waals surface area contributed by atoms with Crippen LogP contribution in [0.1, 0.15) is 65.2 Å². The molecule has 3 fully saturated rings. The van der Waals surface area contributed by atoms with Crippen LogP contribution >= 0.6 is 0 Å². The summed E-state index contributed by atoms with van der Waals surface area (Å²) >= 11 is 0. The molecule has 0 amide bonds. The highest BCUT2D eigenvalue weighted by atomic mass is 16.3. The van der Waals surface area contributed by atoms with E-state index in [-0.39, 0.29) is 11.5 Å². The molecule has 0 aromatic rings. The molecular weight excluding hydrogens is 300 g/mol. The van der Waals surface area contributed by atoms with E-state index in [2.05, 4.69) is 25.7 Å². The number of hydrogen-bond donors (Lipinski definition) is 3. The first kappa shape index (κ1) is 17.9. The Morgan fingerprint density at radius 3 is 2.67 bits per heavy atom. The third kappa shape index (κ3) is 2.81. The zero-order chi connectivity index (χ0) is 17.5. The van der Waals surface area contributed by atoms with E-state index < -0.39 is 11.7 Å². The zero-order valence-corrected chi connectivity index (χ0v) is 15.1. The second-order valence-electron chi connectivity index (χ2n) is 8.40. The molecular formula is C21H32O3. The van der Waals surface area contributed by atoms with Gasteiger partial charge in [0.1, 0.15) is 0 Å². The van der Waals surface area contributed by atoms with E-state index in [0.717, 1.165) is 49.7 Å². The van der Waals surface area contributed by atoms with Crippen molar-refractivity contribution < 1.29 is 15.3 Å². The van der Waals surface area contributed by atoms with Gasteiger partial charge in [0.15, 0.2) is 0 Å². The third-order valence-corrected chi connectivity index (χ3v) is 7.06. The Bertz CT molecular complexity index is 574. The fourth-order valence-corrected chi connectivity index (χ4v) is 5.37. The molecule has 3 aliphatic carbocycles. The molecule has 3 heteroatoms. The summed E-state index contributed by atoms with van der Waals surface area (Å²) in [6, 6.07) is 0. The van der Waals surface area contributed by atoms with Crippen LogP contribution in [0.15, 0.2) is 35.5 Å². The molecule has 3 aliphatic rings. The summed E-state index contributed by atoms with van der Waals surface area (Å²) in [6.07, 6.45) is 10.5. The van der Waals surface area contributed by atoms with Crippen LogP contribution in [-0.4, -0.2) is 33.1 Å². The van der Waals surface area contributed by atoms with Gasteiger partial charge in [0.2, 0.25) is 0 Å². The van der Waals surface area contributed by atoms with Gasteiger partial charge in [-0.2, -0.15) is 0 Å². The Morgan fingerprint density at radius 2 is 1.96 bits per heavy atom. The van der Waals surface area contributed by atoms with E-state index >= 15 is 0 Å². The van der Waals surface area contributed by atoms with Gasteiger partial charge in [-0.15, -0.1) is 0 Å². The molecule has 0 aromatic carbocycles. The first-order valence-corrected chi connectivity index (χ1v) is 9.44. The summed E-state index contributed by atoms with van der Waals surface area (Å²) < 4.78 is 0. The second kappa shape index (κ2) is 6.44. The van der Waals surface area contributed by atoms with Crippen molar-refractivity contribution in [3.05, 3.63) is 35.5 Å². The lowest BCUT2D eigenvalue weighted by molar-refractivity contribution is -0.143. The van der Waals surface area contributed by atoms with Crippen LogP contribution in [0.25, 0.3) is 0 Å². The number of hydrogen-bond acceptors (Lipinski definition) is 3. The van der Waals surface area contributed by atoms with E-state index in [1.54, 1.807) is 6.92 Å². The lowest BCUT2D eigenvalue weighted by atomic mass is 9.60. The molecule has 0 aliphatic heterocycles. The summed E-state index contributed by atoms with van der Waals surface area (Å²) in [5.74, 6) is 0.337. The van der Waals surface area contributed by atoms with Gasteiger partial charge in [-0.25, -0.2) is 0 Å². The number of allylic oxidation sites excluding steroid dienone is 4. The second-order valence-corrected chi connectivity index (χ2v) is 8.40. The zero-order valence-electron chi connectivity index (χ0n) is 15.1. The van der Waals surface area contributed by atoms with Crippen molar-refractivity contribution in [3.8, 4) is 0 Å². The molecule has 3 saturated carbocycles. The van der Waals surface area contributed by atoms with Gasteiger partial charge in [-0.05, 0) is 69.8 Å². The van der Waals surface area contributed by atoms with Crippen molar-refractivity contribution in [1.29, 1.82) is 0 Å². The van der Waals surface area contributed by atoms with Gasteiger partial charge in [-0.1, -0.05) is 36.8 Å². The van der Waals surface area contributed by atoms with Gasteiger partial charge in [-0.3, -0.25) is 0 Å². The monoisotopic (exact) mass is 332 g/mol. The van der Waals surface area contributed by atoms with E-state index in [0.29, 0.717) is 18.8 Å². The Kier molecular flexibility index (Phi) is 4.80. The quantitative estimate of drug-likeness (QED) is 0.723. The predicted molar refractivity (Wildman–Crippen MR) is 96.5 cm³/mol. The predicted octanol–water partition coefficient (Wildman–Crippen LogP) is 3.65. The van der Waals surface area contributed by atoms with E-state index in [4.69, 9.17) is 0 Å². The summed E-state index contributed by atoms with van der Waals surface area (Å²) in [6.45, 7) is 8.02. The van der Waals surface area contributed by atoms with Gasteiger partial charge in [0, 0.05) is 5.41 Å². The SMILES string of the molecule is C=C1CC[C@@H](O)C/C1=C/C=C1\CCC[C@@]2(C)[C@H]1CC[C@]2(O)[C@H](C)O. The van der Waals surface area contributed by atoms with E-state index in [9.17, 15) is 15.3 Å². The fourth-order valence-electron chi connectivity index (χ4n) is 5.37. The molecule has 134 valence electrons. The fraction of sp³-hybridized carbons (Fsp3) is 0.714.